The molecule has 0 saturated heterocycles. The molecule has 0 aromatic carbocycles. The van der Waals surface area contributed by atoms with Crippen molar-refractivity contribution in [1.29, 1.82) is 0 Å². The first-order chi connectivity index (χ1) is 12.5. The van der Waals surface area contributed by atoms with Crippen LogP contribution in [0.1, 0.15) is 12.1 Å². The highest BCUT2D eigenvalue weighted by Crippen LogP contribution is 2.27. The van der Waals surface area contributed by atoms with E-state index in [1.165, 1.54) is 0 Å². The first-order valence-corrected chi connectivity index (χ1v) is 8.12. The van der Waals surface area contributed by atoms with Gasteiger partial charge in [-0.05, 0) is 12.5 Å². The summed E-state index contributed by atoms with van der Waals surface area (Å²) in [4.78, 5) is 11.2. The summed E-state index contributed by atoms with van der Waals surface area (Å²) in [5.41, 5.74) is -0.979. The lowest BCUT2D eigenvalue weighted by molar-refractivity contribution is -0.141. The zero-order chi connectivity index (χ0) is 19.3. The Kier molecular flexibility index (Phi) is 13.9. The number of methoxy groups -OCH3 is 1. The smallest absolute Gasteiger partial charge is 0.382 e. The topological polar surface area (TPSA) is 92.7 Å². The molecule has 1 aromatic heterocycles. The fourth-order valence-electron chi connectivity index (χ4n) is 1.80. The van der Waals surface area contributed by atoms with Crippen molar-refractivity contribution in [2.75, 3.05) is 58.9 Å². The molecule has 12 heteroatoms. The third kappa shape index (κ3) is 11.8. The Morgan fingerprint density at radius 1 is 1.15 bits per heavy atom. The molecule has 27 heavy (non-hydrogen) atoms. The summed E-state index contributed by atoms with van der Waals surface area (Å²) in [6.45, 7) is 3.19. The van der Waals surface area contributed by atoms with Crippen LogP contribution in [0.2, 0.25) is 0 Å². The number of anilines is 1. The molecule has 0 aliphatic carbocycles. The Morgan fingerprint density at radius 2 is 1.89 bits per heavy atom. The van der Waals surface area contributed by atoms with Crippen molar-refractivity contribution >= 4 is 35.9 Å². The van der Waals surface area contributed by atoms with Crippen LogP contribution in [0, 0.1) is 0 Å². The monoisotopic (exact) mass is 506 g/mol. The largest absolute Gasteiger partial charge is 0.433 e. The molecule has 0 saturated carbocycles. The summed E-state index contributed by atoms with van der Waals surface area (Å²) in [7, 11) is 3.25. The zero-order valence-electron chi connectivity index (χ0n) is 15.3. The number of aliphatic imine (C=N–C) groups is 1. The molecule has 156 valence electrons. The van der Waals surface area contributed by atoms with E-state index < -0.39 is 11.9 Å². The van der Waals surface area contributed by atoms with Gasteiger partial charge in [0.1, 0.15) is 5.69 Å². The average molecular weight is 506 g/mol. The van der Waals surface area contributed by atoms with E-state index >= 15 is 0 Å². The zero-order valence-corrected chi connectivity index (χ0v) is 17.6. The minimum atomic E-state index is -4.49. The Hall–Kier alpha value is -1.41. The van der Waals surface area contributed by atoms with E-state index in [-0.39, 0.29) is 29.9 Å². The van der Waals surface area contributed by atoms with Crippen molar-refractivity contribution in [1.82, 2.24) is 20.6 Å². The molecule has 3 N–H and O–H groups in total. The van der Waals surface area contributed by atoms with Gasteiger partial charge in [-0.1, -0.05) is 0 Å². The number of hydrogen-bond acceptors (Lipinski definition) is 6. The van der Waals surface area contributed by atoms with Crippen LogP contribution >= 0.6 is 24.0 Å². The average Bonchev–Trinajstić information content (AvgIpc) is 2.62. The summed E-state index contributed by atoms with van der Waals surface area (Å²) >= 11 is 0. The summed E-state index contributed by atoms with van der Waals surface area (Å²) < 4.78 is 47.9. The maximum atomic E-state index is 12.6. The van der Waals surface area contributed by atoms with E-state index in [1.807, 2.05) is 0 Å². The van der Waals surface area contributed by atoms with Gasteiger partial charge in [0.15, 0.2) is 5.96 Å². The first-order valence-electron chi connectivity index (χ1n) is 8.12. The molecule has 0 radical (unpaired) electrons. The third-order valence-corrected chi connectivity index (χ3v) is 3.06. The fraction of sp³-hybridized carbons (Fsp3) is 0.667. The molecule has 0 aliphatic heterocycles. The van der Waals surface area contributed by atoms with Gasteiger partial charge in [0.2, 0.25) is 5.95 Å². The van der Waals surface area contributed by atoms with E-state index in [0.29, 0.717) is 45.4 Å². The molecule has 0 aliphatic rings. The van der Waals surface area contributed by atoms with E-state index in [0.717, 1.165) is 18.7 Å². The lowest BCUT2D eigenvalue weighted by atomic mass is 10.4. The molecule has 1 aromatic rings. The molecule has 8 nitrogen and oxygen atoms in total. The van der Waals surface area contributed by atoms with Gasteiger partial charge in [-0.25, -0.2) is 9.97 Å². The van der Waals surface area contributed by atoms with Crippen molar-refractivity contribution < 1.29 is 22.6 Å². The minimum absolute atomic E-state index is 0. The number of rotatable bonds is 11. The van der Waals surface area contributed by atoms with Crippen LogP contribution in [0.3, 0.4) is 0 Å². The maximum absolute atomic E-state index is 12.6. The fourth-order valence-corrected chi connectivity index (χ4v) is 1.80. The van der Waals surface area contributed by atoms with Crippen LogP contribution in [0.25, 0.3) is 0 Å². The van der Waals surface area contributed by atoms with Crippen LogP contribution in [-0.4, -0.2) is 69.5 Å². The summed E-state index contributed by atoms with van der Waals surface area (Å²) in [5, 5.41) is 8.87. The second-order valence-electron chi connectivity index (χ2n) is 5.07. The molecule has 0 spiro atoms. The van der Waals surface area contributed by atoms with Crippen LogP contribution in [-0.2, 0) is 15.7 Å². The molecule has 0 amide bonds. The molecular weight excluding hydrogens is 480 g/mol. The lowest BCUT2D eigenvalue weighted by Gasteiger charge is -2.13. The Morgan fingerprint density at radius 3 is 2.56 bits per heavy atom. The highest BCUT2D eigenvalue weighted by Gasteiger charge is 2.32. The van der Waals surface area contributed by atoms with Crippen LogP contribution in [0.4, 0.5) is 19.1 Å². The molecule has 0 fully saturated rings. The standard InChI is InChI=1S/C15H25F3N6O2.HI/c1-19-13(20-5-3-9-26-11-10-25-2)22-7-8-23-14-21-6-4-12(24-14)15(16,17)18;/h4,6H,3,5,7-11H2,1-2H3,(H2,19,20,22)(H,21,23,24);1H. The van der Waals surface area contributed by atoms with Crippen LogP contribution in [0.15, 0.2) is 17.3 Å². The number of aromatic nitrogens is 2. The second kappa shape index (κ2) is 14.6. The molecule has 1 rings (SSSR count). The van der Waals surface area contributed by atoms with Gasteiger partial charge in [0, 0.05) is 46.6 Å². The highest BCUT2D eigenvalue weighted by atomic mass is 127. The molecule has 0 atom stereocenters. The normalized spacial score (nSPS) is 11.7. The predicted octanol–water partition coefficient (Wildman–Crippen LogP) is 1.74. The van der Waals surface area contributed by atoms with Gasteiger partial charge in [0.25, 0.3) is 0 Å². The first kappa shape index (κ1) is 25.6. The van der Waals surface area contributed by atoms with Crippen molar-refractivity contribution in [2.24, 2.45) is 4.99 Å². The van der Waals surface area contributed by atoms with Crippen molar-refractivity contribution in [3.05, 3.63) is 18.0 Å². The van der Waals surface area contributed by atoms with Gasteiger partial charge in [0.05, 0.1) is 13.2 Å². The lowest BCUT2D eigenvalue weighted by Crippen LogP contribution is -2.40. The Balaban J connectivity index is 0.00000676. The Labute approximate surface area is 173 Å². The number of nitrogens with one attached hydrogen (secondary N) is 3. The molecule has 1 heterocycles. The van der Waals surface area contributed by atoms with Crippen LogP contribution in [0.5, 0.6) is 0 Å². The number of hydrogen-bond donors (Lipinski definition) is 3. The summed E-state index contributed by atoms with van der Waals surface area (Å²) in [6.07, 6.45) is -2.61. The molecule has 0 bridgehead atoms. The van der Waals surface area contributed by atoms with E-state index in [1.54, 1.807) is 14.2 Å². The maximum Gasteiger partial charge on any atom is 0.433 e. The molecular formula is C15H26F3IN6O2. The minimum Gasteiger partial charge on any atom is -0.382 e. The summed E-state index contributed by atoms with van der Waals surface area (Å²) in [6, 6.07) is 0.828. The SMILES string of the molecule is CN=C(NCCCOCCOC)NCCNc1nccc(C(F)(F)F)n1.I. The van der Waals surface area contributed by atoms with Gasteiger partial charge in [-0.3, -0.25) is 4.99 Å². The predicted molar refractivity (Wildman–Crippen MR) is 108 cm³/mol. The van der Waals surface area contributed by atoms with Gasteiger partial charge in [-0.15, -0.1) is 24.0 Å². The Bertz CT molecular complexity index is 549. The highest BCUT2D eigenvalue weighted by molar-refractivity contribution is 14.0. The van der Waals surface area contributed by atoms with E-state index in [9.17, 15) is 13.2 Å². The van der Waals surface area contributed by atoms with Gasteiger partial charge >= 0.3 is 6.18 Å². The second-order valence-corrected chi connectivity index (χ2v) is 5.07. The van der Waals surface area contributed by atoms with E-state index in [4.69, 9.17) is 9.47 Å². The quantitative estimate of drug-likeness (QED) is 0.182. The van der Waals surface area contributed by atoms with Crippen molar-refractivity contribution in [3.8, 4) is 0 Å². The number of alkyl halides is 3. The van der Waals surface area contributed by atoms with Crippen LogP contribution < -0.4 is 16.0 Å². The van der Waals surface area contributed by atoms with Crippen molar-refractivity contribution in [2.45, 2.75) is 12.6 Å². The van der Waals surface area contributed by atoms with Gasteiger partial charge < -0.3 is 25.4 Å². The number of halogens is 4. The number of nitrogens with zero attached hydrogens (tertiary/aromatic N) is 3. The van der Waals surface area contributed by atoms with Crippen molar-refractivity contribution in [3.63, 3.8) is 0 Å². The third-order valence-electron chi connectivity index (χ3n) is 3.06. The number of guanidine groups is 1. The van der Waals surface area contributed by atoms with E-state index in [2.05, 4.69) is 30.9 Å². The van der Waals surface area contributed by atoms with Gasteiger partial charge in [-0.2, -0.15) is 13.2 Å². The summed E-state index contributed by atoms with van der Waals surface area (Å²) in [5.74, 6) is 0.520. The molecule has 0 unspecified atom stereocenters. The number of ether oxygens (including phenoxy) is 2.